The number of rotatable bonds is 0. The van der Waals surface area contributed by atoms with Crippen molar-refractivity contribution in [2.75, 3.05) is 0 Å². The quantitative estimate of drug-likeness (QED) is 0.620. The van der Waals surface area contributed by atoms with Crippen LogP contribution in [0.15, 0.2) is 35.5 Å². The summed E-state index contributed by atoms with van der Waals surface area (Å²) in [5, 5.41) is 9.52. The maximum absolute atomic E-state index is 9.52. The normalized spacial score (nSPS) is 15.1. The van der Waals surface area contributed by atoms with Crippen molar-refractivity contribution >= 4 is 5.84 Å². The van der Waals surface area contributed by atoms with Crippen molar-refractivity contribution in [3.63, 3.8) is 0 Å². The first-order valence-electron chi connectivity index (χ1n) is 4.01. The second-order valence-electron chi connectivity index (χ2n) is 3.05. The van der Waals surface area contributed by atoms with E-state index in [0.717, 1.165) is 11.3 Å². The van der Waals surface area contributed by atoms with E-state index < -0.39 is 0 Å². The molecule has 0 saturated heterocycles. The molecule has 3 nitrogen and oxygen atoms in total. The minimum atomic E-state index is 0.186. The van der Waals surface area contributed by atoms with Gasteiger partial charge in [-0.25, -0.2) is 4.99 Å². The van der Waals surface area contributed by atoms with Crippen LogP contribution in [-0.2, 0) is 6.42 Å². The van der Waals surface area contributed by atoms with Crippen LogP contribution in [0.1, 0.15) is 11.1 Å². The van der Waals surface area contributed by atoms with Gasteiger partial charge in [0.25, 0.3) is 0 Å². The highest BCUT2D eigenvalue weighted by atomic mass is 16.3. The molecule has 1 aromatic rings. The molecule has 0 aliphatic carbocycles. The van der Waals surface area contributed by atoms with Gasteiger partial charge in [-0.1, -0.05) is 18.7 Å². The number of nitrogens with two attached hydrogens (primary N) is 1. The predicted molar refractivity (Wildman–Crippen MR) is 51.7 cm³/mol. The number of fused-ring (bicyclic) bond motifs is 1. The minimum absolute atomic E-state index is 0.186. The van der Waals surface area contributed by atoms with E-state index in [4.69, 9.17) is 5.73 Å². The number of benzene rings is 1. The van der Waals surface area contributed by atoms with E-state index in [1.165, 1.54) is 0 Å². The Balaban J connectivity index is 2.67. The summed E-state index contributed by atoms with van der Waals surface area (Å²) in [5.74, 6) is 0.538. The summed E-state index contributed by atoms with van der Waals surface area (Å²) in [6.07, 6.45) is 0.657. The Morgan fingerprint density at radius 1 is 1.46 bits per heavy atom. The Hall–Kier alpha value is -1.77. The van der Waals surface area contributed by atoms with E-state index in [1.54, 1.807) is 12.1 Å². The maximum Gasteiger partial charge on any atom is 0.134 e. The number of hydrogen-bond acceptors (Lipinski definition) is 3. The average molecular weight is 174 g/mol. The molecule has 3 heteroatoms. The number of nitrogens with zero attached hydrogens (tertiary/aromatic N) is 1. The highest BCUT2D eigenvalue weighted by molar-refractivity contribution is 6.02. The van der Waals surface area contributed by atoms with Crippen LogP contribution in [0.5, 0.6) is 5.75 Å². The maximum atomic E-state index is 9.52. The molecule has 2 rings (SSSR count). The van der Waals surface area contributed by atoms with Crippen LogP contribution < -0.4 is 5.73 Å². The van der Waals surface area contributed by atoms with Crippen molar-refractivity contribution in [2.45, 2.75) is 6.42 Å². The molecular formula is C10H10N2O. The van der Waals surface area contributed by atoms with E-state index >= 15 is 0 Å². The van der Waals surface area contributed by atoms with Crippen LogP contribution in [0.4, 0.5) is 0 Å². The van der Waals surface area contributed by atoms with Crippen LogP contribution >= 0.6 is 0 Å². The van der Waals surface area contributed by atoms with Crippen molar-refractivity contribution < 1.29 is 5.11 Å². The first-order valence-corrected chi connectivity index (χ1v) is 4.01. The Morgan fingerprint density at radius 3 is 3.00 bits per heavy atom. The zero-order valence-corrected chi connectivity index (χ0v) is 7.12. The largest absolute Gasteiger partial charge is 0.507 e. The number of phenols is 1. The fourth-order valence-electron chi connectivity index (χ4n) is 1.52. The highest BCUT2D eigenvalue weighted by Gasteiger charge is 2.16. The van der Waals surface area contributed by atoms with Gasteiger partial charge in [-0.15, -0.1) is 0 Å². The van der Waals surface area contributed by atoms with Crippen LogP contribution in [0, 0.1) is 0 Å². The summed E-state index contributed by atoms with van der Waals surface area (Å²) < 4.78 is 0. The lowest BCUT2D eigenvalue weighted by atomic mass is 9.99. The highest BCUT2D eigenvalue weighted by Crippen LogP contribution is 2.26. The zero-order valence-electron chi connectivity index (χ0n) is 7.12. The van der Waals surface area contributed by atoms with Gasteiger partial charge in [0, 0.05) is 12.1 Å². The first-order chi connectivity index (χ1) is 6.18. The van der Waals surface area contributed by atoms with Crippen molar-refractivity contribution in [1.29, 1.82) is 0 Å². The molecule has 0 amide bonds. The van der Waals surface area contributed by atoms with Gasteiger partial charge in [0.1, 0.15) is 11.6 Å². The molecule has 0 atom stereocenters. The van der Waals surface area contributed by atoms with Crippen LogP contribution in [0.25, 0.3) is 0 Å². The van der Waals surface area contributed by atoms with Crippen molar-refractivity contribution in [3.05, 3.63) is 41.6 Å². The molecule has 66 valence electrons. The molecule has 1 aliphatic heterocycles. The minimum Gasteiger partial charge on any atom is -0.507 e. The molecule has 0 radical (unpaired) electrons. The van der Waals surface area contributed by atoms with Gasteiger partial charge in [0.05, 0.1) is 5.56 Å². The molecular weight excluding hydrogens is 164 g/mol. The van der Waals surface area contributed by atoms with E-state index in [2.05, 4.69) is 11.6 Å². The number of phenolic OH excluding ortho intramolecular Hbond substituents is 1. The molecule has 0 fully saturated rings. The summed E-state index contributed by atoms with van der Waals surface area (Å²) in [5.41, 5.74) is 8.03. The van der Waals surface area contributed by atoms with Crippen molar-refractivity contribution in [2.24, 2.45) is 10.7 Å². The average Bonchev–Trinajstić information content (AvgIpc) is 2.02. The van der Waals surface area contributed by atoms with Gasteiger partial charge < -0.3 is 10.8 Å². The van der Waals surface area contributed by atoms with Crippen LogP contribution in [0.3, 0.4) is 0 Å². The third kappa shape index (κ3) is 1.18. The molecule has 0 bridgehead atoms. The summed E-state index contributed by atoms with van der Waals surface area (Å²) in [6, 6.07) is 5.32. The molecule has 0 unspecified atom stereocenters. The summed E-state index contributed by atoms with van der Waals surface area (Å²) >= 11 is 0. The molecule has 1 aromatic carbocycles. The van der Waals surface area contributed by atoms with Gasteiger partial charge in [-0.05, 0) is 11.6 Å². The smallest absolute Gasteiger partial charge is 0.134 e. The second-order valence-corrected chi connectivity index (χ2v) is 3.05. The summed E-state index contributed by atoms with van der Waals surface area (Å²) in [4.78, 5) is 4.02. The van der Waals surface area contributed by atoms with Gasteiger partial charge in [0.15, 0.2) is 0 Å². The molecule has 3 N–H and O–H groups in total. The fourth-order valence-corrected chi connectivity index (χ4v) is 1.52. The lowest BCUT2D eigenvalue weighted by Crippen LogP contribution is -2.19. The second kappa shape index (κ2) is 2.62. The Bertz CT molecular complexity index is 407. The topological polar surface area (TPSA) is 58.6 Å². The third-order valence-electron chi connectivity index (χ3n) is 2.06. The molecule has 1 aliphatic rings. The Kier molecular flexibility index (Phi) is 1.59. The monoisotopic (exact) mass is 174 g/mol. The predicted octanol–water partition coefficient (Wildman–Crippen LogP) is 1.17. The molecule has 0 spiro atoms. The van der Waals surface area contributed by atoms with E-state index in [-0.39, 0.29) is 5.75 Å². The fraction of sp³-hybridized carbons (Fsp3) is 0.100. The number of aromatic hydroxyl groups is 1. The van der Waals surface area contributed by atoms with Crippen LogP contribution in [-0.4, -0.2) is 10.9 Å². The lowest BCUT2D eigenvalue weighted by molar-refractivity contribution is 0.473. The molecule has 0 aromatic heterocycles. The van der Waals surface area contributed by atoms with E-state index in [9.17, 15) is 5.11 Å². The molecule has 1 heterocycles. The van der Waals surface area contributed by atoms with Crippen LogP contribution in [0.2, 0.25) is 0 Å². The van der Waals surface area contributed by atoms with Gasteiger partial charge in [-0.3, -0.25) is 0 Å². The number of amidine groups is 1. The van der Waals surface area contributed by atoms with Gasteiger partial charge in [-0.2, -0.15) is 0 Å². The van der Waals surface area contributed by atoms with Crippen molar-refractivity contribution in [1.82, 2.24) is 0 Å². The summed E-state index contributed by atoms with van der Waals surface area (Å²) in [7, 11) is 0. The third-order valence-corrected chi connectivity index (χ3v) is 2.06. The standard InChI is InChI=1S/C10H10N2O/c1-6-5-7-3-2-4-8(13)9(7)10(11)12-6/h2-4,13H,1,5H2,(H2,11,12). The first kappa shape index (κ1) is 7.86. The number of hydrogen-bond donors (Lipinski definition) is 2. The number of allylic oxidation sites excluding steroid dienone is 1. The van der Waals surface area contributed by atoms with Crippen molar-refractivity contribution in [3.8, 4) is 5.75 Å². The van der Waals surface area contributed by atoms with Gasteiger partial charge in [0.2, 0.25) is 0 Å². The van der Waals surface area contributed by atoms with E-state index in [0.29, 0.717) is 17.8 Å². The summed E-state index contributed by atoms with van der Waals surface area (Å²) in [6.45, 7) is 3.74. The van der Waals surface area contributed by atoms with E-state index in [1.807, 2.05) is 6.07 Å². The SMILES string of the molecule is C=C1Cc2cccc(O)c2C(N)=N1. The Morgan fingerprint density at radius 2 is 2.23 bits per heavy atom. The Labute approximate surface area is 76.2 Å². The number of aliphatic imine (C=N–C) groups is 1. The van der Waals surface area contributed by atoms with Gasteiger partial charge >= 0.3 is 0 Å². The molecule has 0 saturated carbocycles. The lowest BCUT2D eigenvalue weighted by Gasteiger charge is -2.15. The molecule has 13 heavy (non-hydrogen) atoms. The zero-order chi connectivity index (χ0) is 9.42.